The van der Waals surface area contributed by atoms with Crippen LogP contribution >= 0.6 is 15.9 Å². The lowest BCUT2D eigenvalue weighted by Crippen LogP contribution is -2.57. The Labute approximate surface area is 154 Å². The number of halogens is 1. The largest absolute Gasteiger partial charge is 0.346 e. The second-order valence-corrected chi connectivity index (χ2v) is 10.7. The van der Waals surface area contributed by atoms with Gasteiger partial charge in [0, 0.05) is 5.41 Å². The van der Waals surface area contributed by atoms with Gasteiger partial charge >= 0.3 is 0 Å². The molecule has 24 heavy (non-hydrogen) atoms. The highest BCUT2D eigenvalue weighted by Gasteiger charge is 2.70. The van der Waals surface area contributed by atoms with Crippen molar-refractivity contribution in [2.75, 3.05) is 13.2 Å². The summed E-state index contributed by atoms with van der Waals surface area (Å²) in [4.78, 5) is 0.359. The first kappa shape index (κ1) is 16.3. The molecule has 0 amide bonds. The monoisotopic (exact) mass is 394 g/mol. The Morgan fingerprint density at radius 2 is 1.79 bits per heavy atom. The fourth-order valence-corrected chi connectivity index (χ4v) is 8.89. The smallest absolute Gasteiger partial charge is 0.186 e. The third kappa shape index (κ3) is 1.85. The van der Waals surface area contributed by atoms with Crippen LogP contribution in [-0.2, 0) is 9.47 Å². The van der Waals surface area contributed by atoms with Crippen LogP contribution in [-0.4, -0.2) is 23.8 Å². The van der Waals surface area contributed by atoms with Crippen molar-refractivity contribution in [2.45, 2.75) is 69.4 Å². The van der Waals surface area contributed by atoms with Gasteiger partial charge in [-0.15, -0.1) is 0 Å². The molecule has 1 spiro atoms. The average molecular weight is 395 g/mol. The van der Waals surface area contributed by atoms with Crippen molar-refractivity contribution in [1.29, 1.82) is 0 Å². The molecule has 1 saturated heterocycles. The number of hydrogen-bond donors (Lipinski definition) is 0. The first-order valence-electron chi connectivity index (χ1n) is 10.1. The van der Waals surface area contributed by atoms with Crippen molar-refractivity contribution >= 4 is 15.9 Å². The first-order chi connectivity index (χ1) is 11.5. The topological polar surface area (TPSA) is 18.5 Å². The fourth-order valence-electron chi connectivity index (χ4n) is 7.70. The molecular formula is C21H31BrO2. The first-order valence-corrected chi connectivity index (χ1v) is 11.0. The molecule has 1 heterocycles. The van der Waals surface area contributed by atoms with E-state index in [1.54, 1.807) is 0 Å². The van der Waals surface area contributed by atoms with Crippen molar-refractivity contribution in [2.24, 2.45) is 34.5 Å². The van der Waals surface area contributed by atoms with E-state index in [2.05, 4.69) is 41.9 Å². The Hall–Kier alpha value is 0.140. The predicted octanol–water partition coefficient (Wildman–Crippen LogP) is 5.31. The normalized spacial score (nSPS) is 55.2. The van der Waals surface area contributed by atoms with E-state index in [1.165, 1.54) is 44.9 Å². The molecule has 0 N–H and O–H groups in total. The molecule has 0 aromatic heterocycles. The van der Waals surface area contributed by atoms with Gasteiger partial charge in [-0.2, -0.15) is 0 Å². The summed E-state index contributed by atoms with van der Waals surface area (Å²) in [5.74, 6) is 3.08. The number of rotatable bonds is 0. The molecule has 0 unspecified atom stereocenters. The summed E-state index contributed by atoms with van der Waals surface area (Å²) < 4.78 is 12.6. The summed E-state index contributed by atoms with van der Waals surface area (Å²) in [6.45, 7) is 6.63. The molecule has 3 heteroatoms. The number of ether oxygens (including phenoxy) is 2. The van der Waals surface area contributed by atoms with Crippen LogP contribution < -0.4 is 0 Å². The van der Waals surface area contributed by atoms with Crippen LogP contribution in [0, 0.1) is 34.5 Å². The van der Waals surface area contributed by atoms with Gasteiger partial charge in [0.15, 0.2) is 5.79 Å². The van der Waals surface area contributed by atoms with E-state index in [-0.39, 0.29) is 11.2 Å². The van der Waals surface area contributed by atoms with Crippen LogP contribution in [0.2, 0.25) is 0 Å². The van der Waals surface area contributed by atoms with E-state index in [9.17, 15) is 0 Å². The molecule has 4 fully saturated rings. The number of allylic oxidation sites excluding steroid dienone is 2. The van der Waals surface area contributed by atoms with E-state index in [0.717, 1.165) is 36.9 Å². The minimum absolute atomic E-state index is 0.187. The maximum absolute atomic E-state index is 6.32. The van der Waals surface area contributed by atoms with Gasteiger partial charge < -0.3 is 9.47 Å². The predicted molar refractivity (Wildman–Crippen MR) is 99.0 cm³/mol. The van der Waals surface area contributed by atoms with Crippen molar-refractivity contribution in [3.63, 3.8) is 0 Å². The van der Waals surface area contributed by atoms with Gasteiger partial charge in [-0.05, 0) is 74.0 Å². The van der Waals surface area contributed by atoms with Crippen molar-refractivity contribution in [3.8, 4) is 0 Å². The number of alkyl halides is 1. The number of fused-ring (bicyclic) bond motifs is 6. The maximum Gasteiger partial charge on any atom is 0.186 e. The van der Waals surface area contributed by atoms with Gasteiger partial charge in [-0.1, -0.05) is 41.9 Å². The third-order valence-corrected chi connectivity index (χ3v) is 9.96. The molecule has 0 bridgehead atoms. The van der Waals surface area contributed by atoms with Gasteiger partial charge in [-0.3, -0.25) is 0 Å². The minimum Gasteiger partial charge on any atom is -0.346 e. The van der Waals surface area contributed by atoms with E-state index in [0.29, 0.717) is 10.2 Å². The van der Waals surface area contributed by atoms with Crippen LogP contribution in [0.4, 0.5) is 0 Å². The van der Waals surface area contributed by atoms with Crippen LogP contribution in [0.25, 0.3) is 0 Å². The van der Waals surface area contributed by atoms with Crippen LogP contribution in [0.5, 0.6) is 0 Å². The highest BCUT2D eigenvalue weighted by Crippen LogP contribution is 2.70. The molecular weight excluding hydrogens is 364 g/mol. The zero-order valence-corrected chi connectivity index (χ0v) is 16.7. The van der Waals surface area contributed by atoms with Crippen molar-refractivity contribution < 1.29 is 9.47 Å². The average Bonchev–Trinajstić information content (AvgIpc) is 3.15. The molecule has 5 rings (SSSR count). The zero-order chi connectivity index (χ0) is 16.6. The Balaban J connectivity index is 1.51. The van der Waals surface area contributed by atoms with Crippen molar-refractivity contribution in [3.05, 3.63) is 12.2 Å². The van der Waals surface area contributed by atoms with Gasteiger partial charge in [0.2, 0.25) is 0 Å². The molecule has 0 aromatic rings. The summed E-state index contributed by atoms with van der Waals surface area (Å²) in [7, 11) is 0. The lowest BCUT2D eigenvalue weighted by molar-refractivity contribution is -0.243. The molecule has 4 aliphatic carbocycles. The van der Waals surface area contributed by atoms with Crippen LogP contribution in [0.1, 0.15) is 58.8 Å². The quantitative estimate of drug-likeness (QED) is 0.409. The van der Waals surface area contributed by atoms with Gasteiger partial charge in [0.1, 0.15) is 0 Å². The summed E-state index contributed by atoms with van der Waals surface area (Å²) in [5.41, 5.74) is 0.723. The maximum atomic E-state index is 6.32. The second-order valence-electron chi connectivity index (χ2n) is 9.59. The van der Waals surface area contributed by atoms with Gasteiger partial charge in [-0.25, -0.2) is 0 Å². The highest BCUT2D eigenvalue weighted by molar-refractivity contribution is 9.09. The molecule has 5 aliphatic rings. The Morgan fingerprint density at radius 3 is 2.58 bits per heavy atom. The van der Waals surface area contributed by atoms with E-state index in [4.69, 9.17) is 9.47 Å². The lowest BCUT2D eigenvalue weighted by Gasteiger charge is -2.60. The summed E-state index contributed by atoms with van der Waals surface area (Å²) in [6, 6.07) is 0. The van der Waals surface area contributed by atoms with E-state index < -0.39 is 0 Å². The zero-order valence-electron chi connectivity index (χ0n) is 15.1. The Morgan fingerprint density at radius 1 is 1.00 bits per heavy atom. The molecule has 7 atom stereocenters. The Kier molecular flexibility index (Phi) is 3.62. The summed E-state index contributed by atoms with van der Waals surface area (Å²) in [5, 5.41) is 0. The summed E-state index contributed by atoms with van der Waals surface area (Å²) >= 11 is 3.99. The summed E-state index contributed by atoms with van der Waals surface area (Å²) in [6.07, 6.45) is 14.3. The minimum atomic E-state index is -0.354. The number of hydrogen-bond acceptors (Lipinski definition) is 2. The van der Waals surface area contributed by atoms with Gasteiger partial charge in [0.25, 0.3) is 0 Å². The lowest BCUT2D eigenvalue weighted by atomic mass is 9.45. The van der Waals surface area contributed by atoms with E-state index >= 15 is 0 Å². The molecule has 2 nitrogen and oxygen atoms in total. The molecule has 3 saturated carbocycles. The standard InChI is InChI=1S/C21H31BrO2/c1-19-9-4-3-5-14(19)6-7-15-16(19)8-10-20(2)17(15)13-18(22)21(20)23-11-12-24-21/h3-4,14-18H,5-13H2,1-2H3/t14-,15+,16+,17+,18-,19+,20+/m1/s1. The van der Waals surface area contributed by atoms with E-state index in [1.807, 2.05) is 0 Å². The van der Waals surface area contributed by atoms with Crippen LogP contribution in [0.3, 0.4) is 0 Å². The molecule has 0 radical (unpaired) electrons. The second kappa shape index (κ2) is 5.33. The third-order valence-electron chi connectivity index (χ3n) is 8.99. The molecule has 134 valence electrons. The van der Waals surface area contributed by atoms with Crippen LogP contribution in [0.15, 0.2) is 12.2 Å². The Bertz CT molecular complexity index is 554. The fraction of sp³-hybridized carbons (Fsp3) is 0.905. The van der Waals surface area contributed by atoms with Gasteiger partial charge in [0.05, 0.1) is 18.0 Å². The highest BCUT2D eigenvalue weighted by atomic mass is 79.9. The molecule has 1 aliphatic heterocycles. The SMILES string of the molecule is C[C@]12CC=CC[C@@H]1CC[C@H]1[C@@H]2CC[C@@]2(C)[C@H]1C[C@@H](Br)C21OCCO1. The molecule has 0 aromatic carbocycles. The van der Waals surface area contributed by atoms with Crippen molar-refractivity contribution in [1.82, 2.24) is 0 Å².